The van der Waals surface area contributed by atoms with Crippen molar-refractivity contribution < 1.29 is 144 Å². The Bertz CT molecular complexity index is 1590. The minimum absolute atomic E-state index is 0.882. The summed E-state index contributed by atoms with van der Waals surface area (Å²) in [6.45, 7) is -0.339. The Morgan fingerprint density at radius 1 is 0.382 bits per heavy atom. The molecule has 12 unspecified atom stereocenters. The maximum absolute atomic E-state index is 13.0. The summed E-state index contributed by atoms with van der Waals surface area (Å²) in [4.78, 5) is 13.0. The molecule has 0 aromatic rings. The van der Waals surface area contributed by atoms with Gasteiger partial charge in [0.2, 0.25) is 5.91 Å². The fraction of sp³-hybridized carbons (Fsp3) is 0.974. The third-order valence-electron chi connectivity index (χ3n) is 12.8. The van der Waals surface area contributed by atoms with Crippen LogP contribution >= 0.6 is 0 Å². The Morgan fingerprint density at radius 2 is 0.794 bits per heavy atom. The van der Waals surface area contributed by atoms with E-state index in [-0.39, 0.29) is 0 Å². The second-order valence-corrected chi connectivity index (χ2v) is 17.5. The van der Waals surface area contributed by atoms with Crippen LogP contribution in [0.4, 0.5) is 0 Å². The third-order valence-corrected chi connectivity index (χ3v) is 12.8. The zero-order valence-corrected chi connectivity index (χ0v) is 36.7. The van der Waals surface area contributed by atoms with Gasteiger partial charge in [0.05, 0.1) is 38.6 Å². The van der Waals surface area contributed by atoms with Gasteiger partial charge in [-0.15, -0.1) is 0 Å². The Hall–Kier alpha value is -1.65. The van der Waals surface area contributed by atoms with E-state index in [2.05, 4.69) is 5.32 Å². The maximum atomic E-state index is 13.0. The first kappa shape index (κ1) is 55.7. The third kappa shape index (κ3) is 11.4. The topological polar surface area (TPSA) is 475 Å². The number of rotatable bonds is 15. The molecule has 0 aromatic heterocycles. The second kappa shape index (κ2) is 23.5. The van der Waals surface area contributed by atoms with Crippen molar-refractivity contribution in [2.24, 2.45) is 0 Å². The molecular weight excluding hydrogens is 934 g/mol. The van der Waals surface area contributed by atoms with Gasteiger partial charge in [0.1, 0.15) is 134 Å². The molecule has 30 heteroatoms. The lowest BCUT2D eigenvalue weighted by molar-refractivity contribution is -0.401. The molecule has 0 radical (unpaired) electrons. The van der Waals surface area contributed by atoms with Gasteiger partial charge >= 0.3 is 0 Å². The lowest BCUT2D eigenvalue weighted by Crippen LogP contribution is -2.71. The van der Waals surface area contributed by atoms with Gasteiger partial charge < -0.3 is 144 Å². The zero-order chi connectivity index (χ0) is 50.2. The average molecular weight is 1000 g/mol. The van der Waals surface area contributed by atoms with Gasteiger partial charge in [0, 0.05) is 6.92 Å². The van der Waals surface area contributed by atoms with Crippen molar-refractivity contribution in [3.8, 4) is 0 Å². The molecular formula is C38H65NO29. The van der Waals surface area contributed by atoms with Crippen LogP contribution in [-0.4, -0.2) is 303 Å². The van der Waals surface area contributed by atoms with Crippen LogP contribution < -0.4 is 5.32 Å². The molecule has 30 atom stereocenters. The molecule has 6 aliphatic rings. The zero-order valence-electron chi connectivity index (χ0n) is 36.7. The lowest BCUT2D eigenvalue weighted by atomic mass is 9.93. The van der Waals surface area contributed by atoms with E-state index in [4.69, 9.17) is 52.1 Å². The number of hydrogen-bond acceptors (Lipinski definition) is 29. The van der Waals surface area contributed by atoms with Gasteiger partial charge in [-0.05, 0) is 13.8 Å². The summed E-state index contributed by atoms with van der Waals surface area (Å²) in [5, 5.41) is 184. The Balaban J connectivity index is 1.37. The smallest absolute Gasteiger partial charge is 0.217 e. The van der Waals surface area contributed by atoms with Crippen molar-refractivity contribution in [2.75, 3.05) is 26.4 Å². The Labute approximate surface area is 386 Å². The average Bonchev–Trinajstić information content (AvgIpc) is 3.31. The summed E-state index contributed by atoms with van der Waals surface area (Å²) in [5.41, 5.74) is 0. The van der Waals surface area contributed by atoms with Crippen LogP contribution in [0, 0.1) is 0 Å². The number of aliphatic hydroxyl groups excluding tert-OH is 17. The molecule has 0 aromatic carbocycles. The van der Waals surface area contributed by atoms with E-state index in [1.807, 2.05) is 0 Å². The summed E-state index contributed by atoms with van der Waals surface area (Å²) in [6, 6.07) is -1.83. The number of ether oxygens (including phenoxy) is 11. The monoisotopic (exact) mass is 999 g/mol. The number of carbonyl (C=O) groups is 1. The second-order valence-electron chi connectivity index (χ2n) is 17.5. The summed E-state index contributed by atoms with van der Waals surface area (Å²) in [5.74, 6) is -0.882. The predicted octanol–water partition coefficient (Wildman–Crippen LogP) is -11.9. The van der Waals surface area contributed by atoms with Crippen LogP contribution in [0.5, 0.6) is 0 Å². The minimum atomic E-state index is -2.18. The molecule has 68 heavy (non-hydrogen) atoms. The van der Waals surface area contributed by atoms with Crippen LogP contribution in [0.1, 0.15) is 20.8 Å². The van der Waals surface area contributed by atoms with Crippen molar-refractivity contribution in [3.05, 3.63) is 0 Å². The Morgan fingerprint density at radius 3 is 1.32 bits per heavy atom. The number of carbonyl (C=O) groups excluding carboxylic acids is 1. The van der Waals surface area contributed by atoms with Gasteiger partial charge in [0.15, 0.2) is 37.7 Å². The molecule has 0 saturated carbocycles. The van der Waals surface area contributed by atoms with E-state index in [0.29, 0.717) is 0 Å². The summed E-state index contributed by atoms with van der Waals surface area (Å²) >= 11 is 0. The molecule has 0 aliphatic carbocycles. The standard InChI is InChI=1S/C38H65NO29/c1-8-16(45)20(49)25(54)35(58-8)66-30-15(39-10(3)44)34(67-31-19(48)12(5-41)61-37(27(31)56)64-28-13(6-42)60-33(57)24(53)23(28)52)63-14(7-43)29(30)65-38-32(22(51)18(47)11(4-40)62-38)68-36-26(55)21(50)17(46)9(2)59-36/h8-9,11-38,40-43,45-57H,4-7H2,1-3H3,(H,39,44)/t8?,9-,11-,12?,13?,14?,15?,16+,17+,18-,19-,20-,21?,22?,23+,24?,25?,26?,27?,28+,29+,30+,31-,32?,33+,34-,35-,36-,37-,38-/m0/s1. The van der Waals surface area contributed by atoms with Gasteiger partial charge in [-0.3, -0.25) is 4.79 Å². The summed E-state index contributed by atoms with van der Waals surface area (Å²) in [7, 11) is 0. The molecule has 6 saturated heterocycles. The van der Waals surface area contributed by atoms with Crippen molar-refractivity contribution in [1.29, 1.82) is 0 Å². The van der Waals surface area contributed by atoms with E-state index in [9.17, 15) is 91.6 Å². The SMILES string of the molecule is CC(=O)NC1[C@H](O[C@@H]2C(O)[C@H](O[C@@H]3C(CO)O[C@@H](O)C(O)[C@H]3O)OC(CO)[C@@H]2O)OC(CO)[C@@H](O[C@@H]2O[C@@H](CO)[C@H](O)C(O)C2O[C@@H]2O[C@@H](C)[C@@H](O)C(O)C2O)[C@@H]1O[C@@H]1OC(C)[C@@H](O)[C@H](O)C1O. The predicted molar refractivity (Wildman–Crippen MR) is 208 cm³/mol. The molecule has 396 valence electrons. The van der Waals surface area contributed by atoms with Gasteiger partial charge in [-0.25, -0.2) is 0 Å². The number of aliphatic hydroxyl groups is 17. The van der Waals surface area contributed by atoms with Gasteiger partial charge in [0.25, 0.3) is 0 Å². The number of hydrogen-bond donors (Lipinski definition) is 18. The van der Waals surface area contributed by atoms with Gasteiger partial charge in [-0.1, -0.05) is 0 Å². The first-order valence-electron chi connectivity index (χ1n) is 21.8. The number of nitrogens with one attached hydrogen (secondary N) is 1. The lowest BCUT2D eigenvalue weighted by Gasteiger charge is -2.52. The molecule has 6 heterocycles. The maximum Gasteiger partial charge on any atom is 0.217 e. The number of amides is 1. The highest BCUT2D eigenvalue weighted by atomic mass is 16.8. The van der Waals surface area contributed by atoms with E-state index < -0.39 is 217 Å². The van der Waals surface area contributed by atoms with E-state index in [0.717, 1.165) is 6.92 Å². The van der Waals surface area contributed by atoms with Crippen molar-refractivity contribution >= 4 is 5.91 Å². The van der Waals surface area contributed by atoms with Crippen LogP contribution in [-0.2, 0) is 56.9 Å². The summed E-state index contributed by atoms with van der Waals surface area (Å²) < 4.78 is 63.9. The highest BCUT2D eigenvalue weighted by Crippen LogP contribution is 2.38. The van der Waals surface area contributed by atoms with Crippen LogP contribution in [0.2, 0.25) is 0 Å². The first-order valence-corrected chi connectivity index (χ1v) is 21.8. The molecule has 18 N–H and O–H groups in total. The molecule has 0 bridgehead atoms. The van der Waals surface area contributed by atoms with E-state index >= 15 is 0 Å². The normalized spacial score (nSPS) is 52.6. The molecule has 30 nitrogen and oxygen atoms in total. The first-order chi connectivity index (χ1) is 32.1. The molecule has 6 rings (SSSR count). The quantitative estimate of drug-likeness (QED) is 0.0724. The van der Waals surface area contributed by atoms with Crippen LogP contribution in [0.15, 0.2) is 0 Å². The van der Waals surface area contributed by atoms with Crippen LogP contribution in [0.3, 0.4) is 0 Å². The Kier molecular flexibility index (Phi) is 19.2. The summed E-state index contributed by atoms with van der Waals surface area (Å²) in [6.07, 6.45) is -53.8. The molecule has 6 fully saturated rings. The highest BCUT2D eigenvalue weighted by Gasteiger charge is 2.59. The van der Waals surface area contributed by atoms with Crippen molar-refractivity contribution in [3.63, 3.8) is 0 Å². The molecule has 6 aliphatic heterocycles. The van der Waals surface area contributed by atoms with E-state index in [1.54, 1.807) is 0 Å². The van der Waals surface area contributed by atoms with E-state index in [1.165, 1.54) is 13.8 Å². The van der Waals surface area contributed by atoms with Crippen LogP contribution in [0.25, 0.3) is 0 Å². The molecule has 0 spiro atoms. The highest BCUT2D eigenvalue weighted by molar-refractivity contribution is 5.73. The van der Waals surface area contributed by atoms with Crippen molar-refractivity contribution in [2.45, 2.75) is 205 Å². The fourth-order valence-electron chi connectivity index (χ4n) is 8.78. The minimum Gasteiger partial charge on any atom is -0.394 e. The largest absolute Gasteiger partial charge is 0.394 e. The van der Waals surface area contributed by atoms with Gasteiger partial charge in [-0.2, -0.15) is 0 Å². The van der Waals surface area contributed by atoms with Crippen molar-refractivity contribution in [1.82, 2.24) is 5.32 Å². The molecule has 1 amide bonds. The fourth-order valence-corrected chi connectivity index (χ4v) is 8.78.